The number of carboxylic acids is 1. The zero-order valence-electron chi connectivity index (χ0n) is 17.4. The summed E-state index contributed by atoms with van der Waals surface area (Å²) in [6, 6.07) is 5.15. The maximum absolute atomic E-state index is 12.7. The monoisotopic (exact) mass is 507 g/mol. The van der Waals surface area contributed by atoms with E-state index in [2.05, 4.69) is 5.10 Å². The first-order valence-corrected chi connectivity index (χ1v) is 10.1. The van der Waals surface area contributed by atoms with Gasteiger partial charge >= 0.3 is 17.8 Å². The van der Waals surface area contributed by atoms with Crippen molar-refractivity contribution < 1.29 is 31.9 Å². The Labute approximate surface area is 191 Å². The normalized spacial score (nSPS) is 11.0. The van der Waals surface area contributed by atoms with Crippen molar-refractivity contribution in [3.63, 3.8) is 0 Å². The smallest absolute Gasteiger partial charge is 0.475 e. The topological polar surface area (TPSA) is 125 Å². The molecule has 3 N–H and O–H groups in total. The Morgan fingerprint density at radius 2 is 1.85 bits per heavy atom. The summed E-state index contributed by atoms with van der Waals surface area (Å²) in [6.07, 6.45) is -3.91. The third kappa shape index (κ3) is 6.95. The van der Waals surface area contributed by atoms with Gasteiger partial charge in [0.25, 0.3) is 6.08 Å². The number of aliphatic carboxylic acids is 1. The van der Waals surface area contributed by atoms with Crippen molar-refractivity contribution >= 4 is 17.3 Å². The summed E-state index contributed by atoms with van der Waals surface area (Å²) in [5, 5.41) is 12.9. The fourth-order valence-electron chi connectivity index (χ4n) is 2.52. The lowest BCUT2D eigenvalue weighted by atomic mass is 10.1. The number of carboxylic acid groups (broad SMARTS) is 1. The molecule has 0 unspecified atom stereocenters. The average molecular weight is 507 g/mol. The first kappa shape index (κ1) is 26.7. The van der Waals surface area contributed by atoms with Crippen molar-refractivity contribution in [2.45, 2.75) is 19.3 Å². The van der Waals surface area contributed by atoms with Gasteiger partial charge in [-0.1, -0.05) is 0 Å². The zero-order valence-corrected chi connectivity index (χ0v) is 18.2. The first-order chi connectivity index (χ1) is 15.8. The van der Waals surface area contributed by atoms with Crippen molar-refractivity contribution in [2.24, 2.45) is 12.8 Å². The number of nitrogens with two attached hydrogens (primary N) is 1. The Balaban J connectivity index is 0.000000509. The van der Waals surface area contributed by atoms with Crippen LogP contribution in [0.25, 0.3) is 11.1 Å². The van der Waals surface area contributed by atoms with Crippen LogP contribution in [0.5, 0.6) is 0 Å². The van der Waals surface area contributed by atoms with Crippen LogP contribution in [-0.4, -0.2) is 42.7 Å². The number of alkyl halides is 3. The minimum Gasteiger partial charge on any atom is -0.475 e. The van der Waals surface area contributed by atoms with Crippen LogP contribution in [0, 0.1) is 0 Å². The van der Waals surface area contributed by atoms with Crippen molar-refractivity contribution in [1.29, 1.82) is 0 Å². The van der Waals surface area contributed by atoms with E-state index < -0.39 is 23.9 Å². The van der Waals surface area contributed by atoms with E-state index in [1.54, 1.807) is 19.3 Å². The lowest BCUT2D eigenvalue weighted by Gasteiger charge is -2.02. The van der Waals surface area contributed by atoms with Crippen molar-refractivity contribution in [3.05, 3.63) is 73.5 Å². The molecule has 0 spiro atoms. The summed E-state index contributed by atoms with van der Waals surface area (Å²) in [5.74, 6) is -2.76. The van der Waals surface area contributed by atoms with Crippen molar-refractivity contribution in [3.8, 4) is 11.1 Å². The molecule has 0 aromatic carbocycles. The molecule has 0 saturated heterocycles. The molecule has 3 rings (SSSR count). The maximum Gasteiger partial charge on any atom is 0.490 e. The van der Waals surface area contributed by atoms with Crippen molar-refractivity contribution in [2.75, 3.05) is 6.54 Å². The number of nitrogens with zero attached hydrogens (tertiary/aromatic N) is 4. The average Bonchev–Trinajstić information content (AvgIpc) is 3.35. The van der Waals surface area contributed by atoms with Gasteiger partial charge in [0.05, 0.1) is 13.1 Å². The molecule has 0 radical (unpaired) electrons. The lowest BCUT2D eigenvalue weighted by Crippen LogP contribution is -2.27. The van der Waals surface area contributed by atoms with E-state index in [1.807, 2.05) is 11.4 Å². The molecule has 3 heterocycles. The number of aryl methyl sites for hydroxylation is 1. The molecule has 184 valence electrons. The van der Waals surface area contributed by atoms with Gasteiger partial charge in [-0.05, 0) is 28.6 Å². The van der Waals surface area contributed by atoms with Gasteiger partial charge in [-0.15, -0.1) is 11.3 Å². The molecule has 3 aromatic rings. The molecular weight excluding hydrogens is 489 g/mol. The van der Waals surface area contributed by atoms with E-state index in [9.17, 15) is 31.5 Å². The highest BCUT2D eigenvalue weighted by molar-refractivity contribution is 7.10. The number of hydrogen-bond donors (Lipinski definition) is 2. The minimum atomic E-state index is -5.08. The highest BCUT2D eigenvalue weighted by atomic mass is 32.1. The molecule has 0 atom stereocenters. The van der Waals surface area contributed by atoms with Crippen LogP contribution < -0.4 is 17.0 Å². The SMILES string of the molecule is Cn1cc(-c2csc(Cn3cnn(CC(CN)=C(F)F)c3=O)c2)ccc1=O.O=C(O)C(F)(F)F. The van der Waals surface area contributed by atoms with Gasteiger partial charge in [0.2, 0.25) is 5.56 Å². The van der Waals surface area contributed by atoms with E-state index in [0.29, 0.717) is 0 Å². The lowest BCUT2D eigenvalue weighted by molar-refractivity contribution is -0.192. The first-order valence-electron chi connectivity index (χ1n) is 9.23. The van der Waals surface area contributed by atoms with Gasteiger partial charge in [-0.25, -0.2) is 14.3 Å². The van der Waals surface area contributed by atoms with Gasteiger partial charge in [-0.3, -0.25) is 9.36 Å². The molecule has 15 heteroatoms. The molecule has 3 aromatic heterocycles. The number of pyridine rings is 1. The Bertz CT molecular complexity index is 1300. The van der Waals surface area contributed by atoms with Crippen LogP contribution in [0.1, 0.15) is 4.88 Å². The maximum atomic E-state index is 12.7. The van der Waals surface area contributed by atoms with Gasteiger partial charge in [-0.2, -0.15) is 27.1 Å². The summed E-state index contributed by atoms with van der Waals surface area (Å²) in [6.45, 7) is -0.400. The van der Waals surface area contributed by atoms with Gasteiger partial charge in [0, 0.05) is 36.3 Å². The summed E-state index contributed by atoms with van der Waals surface area (Å²) >= 11 is 1.46. The minimum absolute atomic E-state index is 0.0937. The van der Waals surface area contributed by atoms with E-state index >= 15 is 0 Å². The fourth-order valence-corrected chi connectivity index (χ4v) is 3.41. The van der Waals surface area contributed by atoms with Gasteiger partial charge < -0.3 is 15.4 Å². The quantitative estimate of drug-likeness (QED) is 0.493. The van der Waals surface area contributed by atoms with Gasteiger partial charge in [0.1, 0.15) is 6.33 Å². The van der Waals surface area contributed by atoms with Crippen LogP contribution in [0.3, 0.4) is 0 Å². The molecular formula is C19H18F5N5O4S. The summed E-state index contributed by atoms with van der Waals surface area (Å²) in [7, 11) is 1.68. The Kier molecular flexibility index (Phi) is 8.64. The second-order valence-electron chi connectivity index (χ2n) is 6.74. The number of hydrogen-bond acceptors (Lipinski definition) is 6. The van der Waals surface area contributed by atoms with E-state index in [1.165, 1.54) is 32.9 Å². The number of thiophene rings is 1. The largest absolute Gasteiger partial charge is 0.490 e. The molecule has 9 nitrogen and oxygen atoms in total. The van der Waals surface area contributed by atoms with Crippen LogP contribution in [-0.2, 0) is 24.9 Å². The summed E-state index contributed by atoms with van der Waals surface area (Å²) in [4.78, 5) is 33.6. The van der Waals surface area contributed by atoms with Crippen LogP contribution >= 0.6 is 11.3 Å². The third-order valence-corrected chi connectivity index (χ3v) is 5.21. The highest BCUT2D eigenvalue weighted by Gasteiger charge is 2.38. The molecule has 0 amide bonds. The number of rotatable bonds is 6. The molecule has 0 aliphatic rings. The molecule has 0 fully saturated rings. The molecule has 34 heavy (non-hydrogen) atoms. The standard InChI is InChI=1S/C17H17F2N5O2S.C2HF3O2/c1-22-6-11(2-3-15(22)25)12-4-14(27-9-12)8-23-10-21-24(17(23)26)7-13(5-20)16(18)19;3-2(4,5)1(6)7/h2-4,6,9-10H,5,7-8,20H2,1H3;(H,6,7). The van der Waals surface area contributed by atoms with E-state index in [0.717, 1.165) is 20.7 Å². The summed E-state index contributed by atoms with van der Waals surface area (Å²) in [5.41, 5.74) is 6.19. The molecule has 0 bridgehead atoms. The van der Waals surface area contributed by atoms with Crippen LogP contribution in [0.2, 0.25) is 0 Å². The zero-order chi connectivity index (χ0) is 25.6. The Hall–Kier alpha value is -3.59. The predicted molar refractivity (Wildman–Crippen MR) is 113 cm³/mol. The molecule has 0 saturated carbocycles. The fraction of sp³-hybridized carbons (Fsp3) is 0.263. The third-order valence-electron chi connectivity index (χ3n) is 4.29. The number of aromatic nitrogens is 4. The van der Waals surface area contributed by atoms with Crippen LogP contribution in [0.15, 0.2) is 57.3 Å². The second-order valence-corrected chi connectivity index (χ2v) is 7.73. The van der Waals surface area contributed by atoms with E-state index in [4.69, 9.17) is 15.6 Å². The number of carbonyl (C=O) groups is 1. The highest BCUT2D eigenvalue weighted by Crippen LogP contribution is 2.25. The number of halogens is 5. The summed E-state index contributed by atoms with van der Waals surface area (Å²) < 4.78 is 61.0. The molecule has 0 aliphatic heterocycles. The van der Waals surface area contributed by atoms with E-state index in [-0.39, 0.29) is 30.8 Å². The molecule has 0 aliphatic carbocycles. The predicted octanol–water partition coefficient (Wildman–Crippen LogP) is 2.26. The second kappa shape index (κ2) is 11.0. The van der Waals surface area contributed by atoms with Crippen molar-refractivity contribution in [1.82, 2.24) is 18.9 Å². The Morgan fingerprint density at radius 1 is 1.21 bits per heavy atom. The van der Waals surface area contributed by atoms with Gasteiger partial charge in [0.15, 0.2) is 0 Å². The van der Waals surface area contributed by atoms with Crippen LogP contribution in [0.4, 0.5) is 22.0 Å². The Morgan fingerprint density at radius 3 is 2.38 bits per heavy atom.